The zero-order chi connectivity index (χ0) is 31.5. The first-order valence-electron chi connectivity index (χ1n) is 14.7. The largest absolute Gasteiger partial charge is 0.458 e. The number of imidazole rings is 1. The van der Waals surface area contributed by atoms with Gasteiger partial charge in [0.05, 0.1) is 22.7 Å². The van der Waals surface area contributed by atoms with Gasteiger partial charge < -0.3 is 14.0 Å². The Morgan fingerprint density at radius 3 is 1.52 bits per heavy atom. The Hall–Kier alpha value is -4.41. The predicted molar refractivity (Wildman–Crippen MR) is 181 cm³/mol. The van der Waals surface area contributed by atoms with Gasteiger partial charge in [-0.15, -0.1) is 0 Å². The fourth-order valence-electron chi connectivity index (χ4n) is 5.48. The predicted octanol–water partition coefficient (Wildman–Crippen LogP) is 6.43. The highest BCUT2D eigenvalue weighted by Gasteiger charge is 2.44. The summed E-state index contributed by atoms with van der Waals surface area (Å²) in [4.78, 5) is 34.3. The highest BCUT2D eigenvalue weighted by molar-refractivity contribution is 7.96. The van der Waals surface area contributed by atoms with E-state index in [1.54, 1.807) is 10.9 Å². The summed E-state index contributed by atoms with van der Waals surface area (Å²) in [6.07, 6.45) is 1.62. The molecule has 0 bridgehead atoms. The third kappa shape index (κ3) is 6.27. The Labute approximate surface area is 259 Å². The van der Waals surface area contributed by atoms with Crippen LogP contribution in [0.5, 0.6) is 0 Å². The van der Waals surface area contributed by atoms with Gasteiger partial charge in [0.15, 0.2) is 6.04 Å². The van der Waals surface area contributed by atoms with Gasteiger partial charge in [-0.3, -0.25) is 0 Å². The lowest BCUT2D eigenvalue weighted by Gasteiger charge is -2.36. The Balaban J connectivity index is 2.07. The van der Waals surface area contributed by atoms with E-state index in [2.05, 4.69) is 4.98 Å². The van der Waals surface area contributed by atoms with Crippen LogP contribution in [0.3, 0.4) is 0 Å². The van der Waals surface area contributed by atoms with E-state index in [9.17, 15) is 9.59 Å². The molecule has 1 unspecified atom stereocenters. The van der Waals surface area contributed by atoms with Gasteiger partial charge in [-0.25, -0.2) is 14.6 Å². The summed E-state index contributed by atoms with van der Waals surface area (Å²) in [5.74, 6) is -1.12. The van der Waals surface area contributed by atoms with Gasteiger partial charge in [-0.2, -0.15) is 0 Å². The lowest BCUT2D eigenvalue weighted by atomic mass is 10.1. The van der Waals surface area contributed by atoms with Crippen LogP contribution in [-0.2, 0) is 19.1 Å². The topological polar surface area (TPSA) is 70.4 Å². The maximum atomic E-state index is 15.0. The van der Waals surface area contributed by atoms with Crippen LogP contribution < -0.4 is 15.9 Å². The minimum Gasteiger partial charge on any atom is -0.458 e. The summed E-state index contributed by atoms with van der Waals surface area (Å²) in [7, 11) is 0. The average molecular weight is 607 g/mol. The van der Waals surface area contributed by atoms with E-state index in [0.717, 1.165) is 15.9 Å². The molecule has 5 aromatic rings. The number of nitrogens with zero attached hydrogens (tertiary/aromatic N) is 2. The van der Waals surface area contributed by atoms with Crippen LogP contribution in [0.4, 0.5) is 0 Å². The van der Waals surface area contributed by atoms with Crippen LogP contribution in [0.25, 0.3) is 11.0 Å². The first-order chi connectivity index (χ1) is 20.9. The lowest BCUT2D eigenvalue weighted by Crippen LogP contribution is -2.44. The summed E-state index contributed by atoms with van der Waals surface area (Å²) >= 11 is 0. The number of para-hydroxylation sites is 2. The highest BCUT2D eigenvalue weighted by atomic mass is 31.2. The van der Waals surface area contributed by atoms with E-state index in [0.29, 0.717) is 16.3 Å². The average Bonchev–Trinajstić information content (AvgIpc) is 3.40. The van der Waals surface area contributed by atoms with E-state index in [4.69, 9.17) is 9.47 Å². The van der Waals surface area contributed by atoms with E-state index < -0.39 is 36.1 Å². The fourth-order valence-corrected chi connectivity index (χ4v) is 9.98. The number of esters is 2. The van der Waals surface area contributed by atoms with Crippen LogP contribution in [0.1, 0.15) is 47.6 Å². The van der Waals surface area contributed by atoms with E-state index in [-0.39, 0.29) is 0 Å². The molecule has 0 N–H and O–H groups in total. The van der Waals surface area contributed by atoms with Crippen molar-refractivity contribution in [3.05, 3.63) is 122 Å². The molecule has 0 saturated heterocycles. The number of carbonyl (C=O) groups is 2. The monoisotopic (exact) mass is 606 g/mol. The standard InChI is InChI=1S/C37H39N2O4P/c1-36(2,3)42-34(40)32(39-26-38-30-24-16-17-25-31(30)39)33(35(41)43-37(4,5)6)44(27-18-10-7-11-19-27,28-20-12-8-13-21-28)29-22-14-9-15-23-29/h7-26,32H,1-6H3. The Morgan fingerprint density at radius 1 is 0.636 bits per heavy atom. The summed E-state index contributed by atoms with van der Waals surface area (Å²) in [5, 5.41) is 3.05. The molecule has 0 radical (unpaired) electrons. The van der Waals surface area contributed by atoms with Gasteiger partial charge in [-0.1, -0.05) is 103 Å². The van der Waals surface area contributed by atoms with Crippen molar-refractivity contribution in [3.63, 3.8) is 0 Å². The second-order valence-corrected chi connectivity index (χ2v) is 16.0. The molecule has 1 aromatic heterocycles. The molecule has 4 aromatic carbocycles. The number of ether oxygens (including phenoxy) is 2. The molecule has 44 heavy (non-hydrogen) atoms. The van der Waals surface area contributed by atoms with Gasteiger partial charge in [0.25, 0.3) is 0 Å². The minimum absolute atomic E-state index is 0.313. The van der Waals surface area contributed by atoms with Gasteiger partial charge in [-0.05, 0) is 76.5 Å². The Bertz CT molecular complexity index is 1710. The molecular formula is C37H39N2O4P. The molecule has 0 fully saturated rings. The van der Waals surface area contributed by atoms with Gasteiger partial charge in [0.2, 0.25) is 0 Å². The molecule has 1 atom stereocenters. The van der Waals surface area contributed by atoms with Gasteiger partial charge in [0, 0.05) is 0 Å². The molecule has 0 aliphatic rings. The second kappa shape index (κ2) is 12.3. The Morgan fingerprint density at radius 2 is 1.07 bits per heavy atom. The van der Waals surface area contributed by atoms with Crippen molar-refractivity contribution >= 4 is 51.1 Å². The molecule has 0 aliphatic heterocycles. The number of hydrogen-bond acceptors (Lipinski definition) is 5. The van der Waals surface area contributed by atoms with Crippen molar-refractivity contribution in [2.24, 2.45) is 0 Å². The van der Waals surface area contributed by atoms with Crippen molar-refractivity contribution < 1.29 is 19.1 Å². The lowest BCUT2D eigenvalue weighted by molar-refractivity contribution is -0.158. The molecule has 0 amide bonds. The quantitative estimate of drug-likeness (QED) is 0.158. The number of rotatable bonds is 7. The van der Waals surface area contributed by atoms with E-state index in [1.807, 2.05) is 157 Å². The first kappa shape index (κ1) is 31.0. The van der Waals surface area contributed by atoms with Crippen molar-refractivity contribution in [1.82, 2.24) is 9.55 Å². The van der Waals surface area contributed by atoms with E-state index in [1.165, 1.54) is 0 Å². The van der Waals surface area contributed by atoms with Gasteiger partial charge >= 0.3 is 11.9 Å². The third-order valence-electron chi connectivity index (χ3n) is 7.05. The zero-order valence-corrected chi connectivity index (χ0v) is 27.0. The van der Waals surface area contributed by atoms with Crippen LogP contribution in [0.15, 0.2) is 122 Å². The highest BCUT2D eigenvalue weighted by Crippen LogP contribution is 2.49. The maximum Gasteiger partial charge on any atom is 0.338 e. The smallest absolute Gasteiger partial charge is 0.338 e. The third-order valence-corrected chi connectivity index (χ3v) is 11.4. The number of benzene rings is 4. The first-order valence-corrected chi connectivity index (χ1v) is 16.5. The van der Waals surface area contributed by atoms with Crippen LogP contribution in [0.2, 0.25) is 0 Å². The van der Waals surface area contributed by atoms with Gasteiger partial charge in [0.1, 0.15) is 11.2 Å². The molecule has 5 rings (SSSR count). The normalized spacial score (nSPS) is 12.9. The van der Waals surface area contributed by atoms with Crippen molar-refractivity contribution in [2.75, 3.05) is 0 Å². The molecule has 0 aliphatic carbocycles. The number of aromatic nitrogens is 2. The number of carbonyl (C=O) groups excluding carboxylic acids is 2. The molecule has 226 valence electrons. The molecular weight excluding hydrogens is 567 g/mol. The summed E-state index contributed by atoms with van der Waals surface area (Å²) in [5.41, 5.74) is -0.250. The summed E-state index contributed by atoms with van der Waals surface area (Å²) in [6, 6.07) is 36.3. The molecule has 7 heteroatoms. The van der Waals surface area contributed by atoms with Crippen molar-refractivity contribution in [2.45, 2.75) is 58.8 Å². The van der Waals surface area contributed by atoms with Crippen LogP contribution >= 0.6 is 6.89 Å². The van der Waals surface area contributed by atoms with Crippen molar-refractivity contribution in [1.29, 1.82) is 0 Å². The molecule has 0 saturated carbocycles. The zero-order valence-electron chi connectivity index (χ0n) is 26.1. The molecule has 1 heterocycles. The number of fused-ring (bicyclic) bond motifs is 1. The Kier molecular flexibility index (Phi) is 8.67. The maximum absolute atomic E-state index is 15.0. The summed E-state index contributed by atoms with van der Waals surface area (Å²) < 4.78 is 14.2. The van der Waals surface area contributed by atoms with Crippen LogP contribution in [-0.4, -0.2) is 38.0 Å². The fraction of sp³-hybridized carbons (Fsp3) is 0.243. The second-order valence-electron chi connectivity index (χ2n) is 12.6. The number of hydrogen-bond donors (Lipinski definition) is 0. The SMILES string of the molecule is CC(C)(C)OC(=O)C(C(C(=O)OC(C)(C)C)n1cnc2ccccc21)=P(c1ccccc1)(c1ccccc1)c1ccccc1. The van der Waals surface area contributed by atoms with Crippen LogP contribution in [0, 0.1) is 0 Å². The summed E-state index contributed by atoms with van der Waals surface area (Å²) in [6.45, 7) is 7.89. The minimum atomic E-state index is -3.11. The van der Waals surface area contributed by atoms with E-state index >= 15 is 0 Å². The molecule has 0 spiro atoms. The molecule has 6 nitrogen and oxygen atoms in total. The van der Waals surface area contributed by atoms with Crippen molar-refractivity contribution in [3.8, 4) is 0 Å².